The van der Waals surface area contributed by atoms with Gasteiger partial charge in [-0.25, -0.2) is 17.9 Å². The lowest BCUT2D eigenvalue weighted by Crippen LogP contribution is -2.41. The zero-order chi connectivity index (χ0) is 18.6. The number of carbonyl (C=O) groups excluding carboxylic acids is 2. The summed E-state index contributed by atoms with van der Waals surface area (Å²) in [7, 11) is -2.56. The van der Waals surface area contributed by atoms with Crippen molar-refractivity contribution >= 4 is 33.5 Å². The van der Waals surface area contributed by atoms with Crippen molar-refractivity contribution in [3.8, 4) is 0 Å². The number of hydrogen-bond donors (Lipinski definition) is 1. The molecule has 0 aromatic heterocycles. The molecule has 1 amide bonds. The summed E-state index contributed by atoms with van der Waals surface area (Å²) in [6, 6.07) is 3.78. The van der Waals surface area contributed by atoms with Gasteiger partial charge in [-0.3, -0.25) is 4.79 Å². The minimum Gasteiger partial charge on any atom is -0.452 e. The van der Waals surface area contributed by atoms with E-state index in [0.29, 0.717) is 19.0 Å². The molecule has 1 heterocycles. The van der Waals surface area contributed by atoms with Crippen LogP contribution in [0.3, 0.4) is 0 Å². The molecule has 1 atom stereocenters. The highest BCUT2D eigenvalue weighted by atomic mass is 35.5. The Bertz CT molecular complexity index is 766. The number of rotatable bonds is 5. The van der Waals surface area contributed by atoms with Crippen molar-refractivity contribution < 1.29 is 22.7 Å². The first-order valence-electron chi connectivity index (χ1n) is 7.92. The molecule has 0 radical (unpaired) electrons. The molecule has 0 unspecified atom stereocenters. The molecule has 1 saturated heterocycles. The summed E-state index contributed by atoms with van der Waals surface area (Å²) in [5.74, 6) is -0.599. The van der Waals surface area contributed by atoms with Crippen LogP contribution in [0.15, 0.2) is 23.1 Å². The molecule has 0 saturated carbocycles. The first kappa shape index (κ1) is 19.7. The second-order valence-electron chi connectivity index (χ2n) is 6.02. The molecule has 0 bridgehead atoms. The lowest BCUT2D eigenvalue weighted by molar-refractivity contribution is -0.136. The van der Waals surface area contributed by atoms with Crippen molar-refractivity contribution in [3.05, 3.63) is 28.8 Å². The monoisotopic (exact) mass is 388 g/mol. The normalized spacial score (nSPS) is 18.0. The number of sulfonamides is 1. The predicted molar refractivity (Wildman–Crippen MR) is 93.0 cm³/mol. The standard InChI is InChI=1S/C16H21ClN2O5S/c1-11-4-3-7-19(9-11)15(20)10-24-16(21)12-5-6-13(17)14(8-12)25(22,23)18-2/h5-6,8,11,18H,3-4,7,9-10H2,1-2H3/t11-/m0/s1. The van der Waals surface area contributed by atoms with Crippen LogP contribution in [0.2, 0.25) is 5.02 Å². The number of likely N-dealkylation sites (tertiary alicyclic amines) is 1. The van der Waals surface area contributed by atoms with Crippen LogP contribution < -0.4 is 4.72 Å². The van der Waals surface area contributed by atoms with Gasteiger partial charge in [-0.1, -0.05) is 18.5 Å². The van der Waals surface area contributed by atoms with E-state index in [1.165, 1.54) is 19.2 Å². The molecule has 138 valence electrons. The minimum atomic E-state index is -3.80. The van der Waals surface area contributed by atoms with Crippen molar-refractivity contribution in [2.75, 3.05) is 26.7 Å². The van der Waals surface area contributed by atoms with Gasteiger partial charge in [0.15, 0.2) is 6.61 Å². The second-order valence-corrected chi connectivity index (χ2v) is 8.28. The van der Waals surface area contributed by atoms with Crippen LogP contribution in [-0.4, -0.2) is 51.9 Å². The number of halogens is 1. The third-order valence-corrected chi connectivity index (χ3v) is 5.96. The molecule has 0 aliphatic carbocycles. The van der Waals surface area contributed by atoms with E-state index in [1.807, 2.05) is 0 Å². The van der Waals surface area contributed by atoms with E-state index in [9.17, 15) is 18.0 Å². The van der Waals surface area contributed by atoms with Crippen LogP contribution in [-0.2, 0) is 19.6 Å². The highest BCUT2D eigenvalue weighted by molar-refractivity contribution is 7.89. The number of benzene rings is 1. The van der Waals surface area contributed by atoms with Gasteiger partial charge >= 0.3 is 5.97 Å². The quantitative estimate of drug-likeness (QED) is 0.774. The van der Waals surface area contributed by atoms with E-state index in [4.69, 9.17) is 16.3 Å². The Morgan fingerprint density at radius 2 is 2.12 bits per heavy atom. The summed E-state index contributed by atoms with van der Waals surface area (Å²) >= 11 is 5.87. The summed E-state index contributed by atoms with van der Waals surface area (Å²) in [5, 5.41) is -0.00993. The van der Waals surface area contributed by atoms with E-state index in [1.54, 1.807) is 4.90 Å². The molecule has 25 heavy (non-hydrogen) atoms. The smallest absolute Gasteiger partial charge is 0.338 e. The Balaban J connectivity index is 2.04. The average Bonchev–Trinajstić information content (AvgIpc) is 2.59. The molecule has 1 aliphatic heterocycles. The summed E-state index contributed by atoms with van der Waals surface area (Å²) in [5.41, 5.74) is 0.0121. The predicted octanol–water partition coefficient (Wildman–Crippen LogP) is 1.66. The zero-order valence-corrected chi connectivity index (χ0v) is 15.7. The Labute approximate surface area is 152 Å². The molecule has 1 N–H and O–H groups in total. The van der Waals surface area contributed by atoms with Gasteiger partial charge in [0.05, 0.1) is 10.6 Å². The molecule has 1 fully saturated rings. The Morgan fingerprint density at radius 1 is 1.40 bits per heavy atom. The fourth-order valence-electron chi connectivity index (χ4n) is 2.66. The van der Waals surface area contributed by atoms with Gasteiger partial charge in [0.2, 0.25) is 10.0 Å². The number of esters is 1. The van der Waals surface area contributed by atoms with Crippen molar-refractivity contribution in [3.63, 3.8) is 0 Å². The molecular weight excluding hydrogens is 368 g/mol. The number of nitrogens with zero attached hydrogens (tertiary/aromatic N) is 1. The number of hydrogen-bond acceptors (Lipinski definition) is 5. The molecule has 9 heteroatoms. The largest absolute Gasteiger partial charge is 0.452 e. The van der Waals surface area contributed by atoms with E-state index in [-0.39, 0.29) is 28.0 Å². The van der Waals surface area contributed by atoms with Crippen LogP contribution >= 0.6 is 11.6 Å². The minimum absolute atomic E-state index is 0.00993. The van der Waals surface area contributed by atoms with E-state index in [2.05, 4.69) is 11.6 Å². The molecule has 1 aromatic carbocycles. The van der Waals surface area contributed by atoms with E-state index >= 15 is 0 Å². The Morgan fingerprint density at radius 3 is 2.76 bits per heavy atom. The van der Waals surface area contributed by atoms with Gasteiger partial charge in [0.25, 0.3) is 5.91 Å². The lowest BCUT2D eigenvalue weighted by Gasteiger charge is -2.30. The SMILES string of the molecule is CNS(=O)(=O)c1cc(C(=O)OCC(=O)N2CCC[C@H](C)C2)ccc1Cl. The number of ether oxygens (including phenoxy) is 1. The summed E-state index contributed by atoms with van der Waals surface area (Å²) in [6.07, 6.45) is 2.01. The topological polar surface area (TPSA) is 92.8 Å². The van der Waals surface area contributed by atoms with Gasteiger partial charge < -0.3 is 9.64 Å². The summed E-state index contributed by atoms with van der Waals surface area (Å²) in [4.78, 5) is 25.7. The highest BCUT2D eigenvalue weighted by Gasteiger charge is 2.23. The maximum Gasteiger partial charge on any atom is 0.338 e. The number of carbonyl (C=O) groups is 2. The van der Waals surface area contributed by atoms with Crippen LogP contribution in [0, 0.1) is 5.92 Å². The first-order chi connectivity index (χ1) is 11.7. The molecule has 7 nitrogen and oxygen atoms in total. The summed E-state index contributed by atoms with van der Waals surface area (Å²) in [6.45, 7) is 3.01. The van der Waals surface area contributed by atoms with Gasteiger partial charge in [-0.05, 0) is 44.0 Å². The van der Waals surface area contributed by atoms with Crippen LogP contribution in [0.1, 0.15) is 30.1 Å². The molecule has 1 aliphatic rings. The molecular formula is C16H21ClN2O5S. The molecule has 2 rings (SSSR count). The van der Waals surface area contributed by atoms with Crippen LogP contribution in [0.5, 0.6) is 0 Å². The zero-order valence-electron chi connectivity index (χ0n) is 14.1. The first-order valence-corrected chi connectivity index (χ1v) is 9.78. The van der Waals surface area contributed by atoms with Gasteiger partial charge in [-0.2, -0.15) is 0 Å². The fourth-order valence-corrected chi connectivity index (χ4v) is 3.91. The third-order valence-electron chi connectivity index (χ3n) is 4.06. The molecule has 0 spiro atoms. The van der Waals surface area contributed by atoms with Crippen molar-refractivity contribution in [2.24, 2.45) is 5.92 Å². The number of nitrogens with one attached hydrogen (secondary N) is 1. The van der Waals surface area contributed by atoms with Crippen molar-refractivity contribution in [1.82, 2.24) is 9.62 Å². The van der Waals surface area contributed by atoms with Crippen LogP contribution in [0.25, 0.3) is 0 Å². The maximum absolute atomic E-state index is 12.1. The van der Waals surface area contributed by atoms with Gasteiger partial charge in [0, 0.05) is 13.1 Å². The maximum atomic E-state index is 12.1. The summed E-state index contributed by atoms with van der Waals surface area (Å²) < 4.78 is 31.0. The van der Waals surface area contributed by atoms with E-state index in [0.717, 1.165) is 18.9 Å². The molecule has 1 aromatic rings. The van der Waals surface area contributed by atoms with Gasteiger partial charge in [0.1, 0.15) is 4.90 Å². The lowest BCUT2D eigenvalue weighted by atomic mass is 10.0. The number of amides is 1. The van der Waals surface area contributed by atoms with Gasteiger partial charge in [-0.15, -0.1) is 0 Å². The highest BCUT2D eigenvalue weighted by Crippen LogP contribution is 2.23. The Hall–Kier alpha value is -1.64. The number of piperidine rings is 1. The third kappa shape index (κ3) is 4.93. The van der Waals surface area contributed by atoms with Crippen molar-refractivity contribution in [1.29, 1.82) is 0 Å². The average molecular weight is 389 g/mol. The van der Waals surface area contributed by atoms with Crippen LogP contribution in [0.4, 0.5) is 0 Å². The Kier molecular flexibility index (Phi) is 6.42. The van der Waals surface area contributed by atoms with Crippen molar-refractivity contribution in [2.45, 2.75) is 24.7 Å². The van der Waals surface area contributed by atoms with E-state index < -0.39 is 16.0 Å². The fraction of sp³-hybridized carbons (Fsp3) is 0.500. The second kappa shape index (κ2) is 8.16.